The molecule has 0 radical (unpaired) electrons. The minimum absolute atomic E-state index is 0.0863. The summed E-state index contributed by atoms with van der Waals surface area (Å²) >= 11 is 0. The third kappa shape index (κ3) is 2.27. The van der Waals surface area contributed by atoms with E-state index in [1.54, 1.807) is 17.9 Å². The van der Waals surface area contributed by atoms with Crippen LogP contribution in [0.3, 0.4) is 0 Å². The minimum atomic E-state index is -0.837. The molecule has 0 unspecified atom stereocenters. The van der Waals surface area contributed by atoms with Crippen molar-refractivity contribution in [2.45, 2.75) is 13.3 Å². The van der Waals surface area contributed by atoms with Crippen molar-refractivity contribution in [1.29, 1.82) is 0 Å². The second kappa shape index (κ2) is 4.88. The first-order chi connectivity index (χ1) is 10.0. The summed E-state index contributed by atoms with van der Waals surface area (Å²) in [6.07, 6.45) is 0.499. The average molecular weight is 283 g/mol. The Morgan fingerprint density at radius 2 is 1.86 bits per heavy atom. The number of benzene rings is 2. The van der Waals surface area contributed by atoms with E-state index < -0.39 is 11.4 Å². The maximum absolute atomic E-state index is 12.7. The lowest BCUT2D eigenvalue weighted by molar-refractivity contribution is -0.147. The Morgan fingerprint density at radius 1 is 1.14 bits per heavy atom. The van der Waals surface area contributed by atoms with E-state index in [0.717, 1.165) is 10.8 Å². The van der Waals surface area contributed by atoms with Gasteiger partial charge < -0.3 is 10.0 Å². The number of hydrogen-bond donors (Lipinski definition) is 1. The summed E-state index contributed by atoms with van der Waals surface area (Å²) in [7, 11) is 0. The van der Waals surface area contributed by atoms with Gasteiger partial charge >= 0.3 is 5.97 Å². The van der Waals surface area contributed by atoms with Crippen LogP contribution in [-0.4, -0.2) is 35.0 Å². The molecule has 1 N–H and O–H groups in total. The fourth-order valence-corrected chi connectivity index (χ4v) is 2.89. The standard InChI is InChI=1S/C17H17NO3/c1-17(16(20)21)9-10-18(11-17)15(19)14-8-4-6-12-5-2-3-7-13(12)14/h2-8H,9-11H2,1H3,(H,20,21)/t17-/m1/s1. The van der Waals surface area contributed by atoms with Crippen LogP contribution in [0.5, 0.6) is 0 Å². The molecular formula is C17H17NO3. The predicted molar refractivity (Wildman–Crippen MR) is 80.2 cm³/mol. The van der Waals surface area contributed by atoms with E-state index in [9.17, 15) is 14.7 Å². The van der Waals surface area contributed by atoms with E-state index in [1.165, 1.54) is 0 Å². The molecule has 4 nitrogen and oxygen atoms in total. The highest BCUT2D eigenvalue weighted by Crippen LogP contribution is 2.32. The number of hydrogen-bond acceptors (Lipinski definition) is 2. The maximum atomic E-state index is 12.7. The molecule has 1 amide bonds. The molecule has 4 heteroatoms. The molecule has 0 aliphatic carbocycles. The number of nitrogens with zero attached hydrogens (tertiary/aromatic N) is 1. The van der Waals surface area contributed by atoms with Gasteiger partial charge in [0.15, 0.2) is 0 Å². The number of likely N-dealkylation sites (tertiary alicyclic amines) is 1. The Kier molecular flexibility index (Phi) is 3.16. The number of aliphatic carboxylic acids is 1. The molecule has 0 bridgehead atoms. The molecule has 1 aliphatic rings. The number of fused-ring (bicyclic) bond motifs is 1. The first-order valence-electron chi connectivity index (χ1n) is 7.02. The average Bonchev–Trinajstić information content (AvgIpc) is 2.90. The summed E-state index contributed by atoms with van der Waals surface area (Å²) in [6, 6.07) is 13.4. The Morgan fingerprint density at radius 3 is 2.57 bits per heavy atom. The molecule has 1 heterocycles. The number of carboxylic acids is 1. The number of amides is 1. The minimum Gasteiger partial charge on any atom is -0.481 e. The monoisotopic (exact) mass is 283 g/mol. The number of rotatable bonds is 2. The SMILES string of the molecule is C[C@@]1(C(=O)O)CCN(C(=O)c2cccc3ccccc23)C1. The van der Waals surface area contributed by atoms with E-state index >= 15 is 0 Å². The molecule has 2 aromatic rings. The van der Waals surface area contributed by atoms with Crippen LogP contribution in [0.4, 0.5) is 0 Å². The Bertz CT molecular complexity index is 720. The van der Waals surface area contributed by atoms with Crippen LogP contribution in [0.25, 0.3) is 10.8 Å². The van der Waals surface area contributed by atoms with Gasteiger partial charge in [0.2, 0.25) is 0 Å². The van der Waals surface area contributed by atoms with Crippen LogP contribution in [0.1, 0.15) is 23.7 Å². The fraction of sp³-hybridized carbons (Fsp3) is 0.294. The van der Waals surface area contributed by atoms with Crippen molar-refractivity contribution in [3.63, 3.8) is 0 Å². The van der Waals surface area contributed by atoms with Crippen molar-refractivity contribution in [2.24, 2.45) is 5.41 Å². The lowest BCUT2D eigenvalue weighted by Crippen LogP contribution is -2.34. The second-order valence-corrected chi connectivity index (χ2v) is 5.87. The van der Waals surface area contributed by atoms with Crippen LogP contribution in [-0.2, 0) is 4.79 Å². The molecule has 0 spiro atoms. The van der Waals surface area contributed by atoms with Crippen LogP contribution in [0, 0.1) is 5.41 Å². The quantitative estimate of drug-likeness (QED) is 0.922. The normalized spacial score (nSPS) is 21.7. The summed E-state index contributed by atoms with van der Waals surface area (Å²) < 4.78 is 0. The molecule has 1 fully saturated rings. The van der Waals surface area contributed by atoms with Gasteiger partial charge in [-0.1, -0.05) is 36.4 Å². The summed E-state index contributed by atoms with van der Waals surface area (Å²) in [4.78, 5) is 25.7. The zero-order valence-corrected chi connectivity index (χ0v) is 11.9. The van der Waals surface area contributed by atoms with Gasteiger partial charge in [-0.05, 0) is 30.2 Å². The third-order valence-electron chi connectivity index (χ3n) is 4.30. The second-order valence-electron chi connectivity index (χ2n) is 5.87. The molecular weight excluding hydrogens is 266 g/mol. The number of carbonyl (C=O) groups is 2. The summed E-state index contributed by atoms with van der Waals surface area (Å²) in [5.74, 6) is -0.924. The smallest absolute Gasteiger partial charge is 0.311 e. The molecule has 108 valence electrons. The lowest BCUT2D eigenvalue weighted by Gasteiger charge is -2.20. The predicted octanol–water partition coefficient (Wildman–Crippen LogP) is 2.78. The summed E-state index contributed by atoms with van der Waals surface area (Å²) in [5.41, 5.74) is -0.192. The topological polar surface area (TPSA) is 57.6 Å². The van der Waals surface area contributed by atoms with Crippen LogP contribution in [0.15, 0.2) is 42.5 Å². The first kappa shape index (κ1) is 13.6. The third-order valence-corrected chi connectivity index (χ3v) is 4.30. The number of carboxylic acid groups (broad SMARTS) is 1. The van der Waals surface area contributed by atoms with Crippen molar-refractivity contribution >= 4 is 22.6 Å². The lowest BCUT2D eigenvalue weighted by atomic mass is 9.90. The van der Waals surface area contributed by atoms with E-state index in [1.807, 2.05) is 36.4 Å². The highest BCUT2D eigenvalue weighted by Gasteiger charge is 2.42. The molecule has 1 saturated heterocycles. The Labute approximate surface area is 123 Å². The highest BCUT2D eigenvalue weighted by atomic mass is 16.4. The van der Waals surface area contributed by atoms with Crippen LogP contribution >= 0.6 is 0 Å². The molecule has 1 aliphatic heterocycles. The fourth-order valence-electron chi connectivity index (χ4n) is 2.89. The van der Waals surface area contributed by atoms with Crippen molar-refractivity contribution in [3.8, 4) is 0 Å². The van der Waals surface area contributed by atoms with Crippen molar-refractivity contribution in [2.75, 3.05) is 13.1 Å². The van der Waals surface area contributed by atoms with E-state index in [-0.39, 0.29) is 12.5 Å². The highest BCUT2D eigenvalue weighted by molar-refractivity contribution is 6.07. The summed E-state index contributed by atoms with van der Waals surface area (Å²) in [6.45, 7) is 2.46. The zero-order valence-electron chi connectivity index (χ0n) is 11.9. The van der Waals surface area contributed by atoms with Gasteiger partial charge in [-0.3, -0.25) is 9.59 Å². The maximum Gasteiger partial charge on any atom is 0.311 e. The Hall–Kier alpha value is -2.36. The summed E-state index contributed by atoms with van der Waals surface area (Å²) in [5, 5.41) is 11.2. The largest absolute Gasteiger partial charge is 0.481 e. The van der Waals surface area contributed by atoms with E-state index in [0.29, 0.717) is 18.5 Å². The zero-order chi connectivity index (χ0) is 15.0. The Balaban J connectivity index is 1.94. The van der Waals surface area contributed by atoms with E-state index in [4.69, 9.17) is 0 Å². The molecule has 2 aromatic carbocycles. The molecule has 1 atom stereocenters. The van der Waals surface area contributed by atoms with Gasteiger partial charge in [0.25, 0.3) is 5.91 Å². The van der Waals surface area contributed by atoms with Gasteiger partial charge in [-0.2, -0.15) is 0 Å². The molecule has 0 aromatic heterocycles. The van der Waals surface area contributed by atoms with Crippen molar-refractivity contribution in [1.82, 2.24) is 4.90 Å². The van der Waals surface area contributed by atoms with E-state index in [2.05, 4.69) is 0 Å². The van der Waals surface area contributed by atoms with Crippen molar-refractivity contribution in [3.05, 3.63) is 48.0 Å². The van der Waals surface area contributed by atoms with Crippen LogP contribution in [0.2, 0.25) is 0 Å². The molecule has 0 saturated carbocycles. The van der Waals surface area contributed by atoms with Crippen LogP contribution < -0.4 is 0 Å². The molecule has 3 rings (SSSR count). The van der Waals surface area contributed by atoms with Gasteiger partial charge in [-0.25, -0.2) is 0 Å². The van der Waals surface area contributed by atoms with Crippen molar-refractivity contribution < 1.29 is 14.7 Å². The number of carbonyl (C=O) groups excluding carboxylic acids is 1. The van der Waals surface area contributed by atoms with Gasteiger partial charge in [0.05, 0.1) is 5.41 Å². The first-order valence-corrected chi connectivity index (χ1v) is 7.02. The molecule has 21 heavy (non-hydrogen) atoms. The van der Waals surface area contributed by atoms with Gasteiger partial charge in [0.1, 0.15) is 0 Å². The van der Waals surface area contributed by atoms with Gasteiger partial charge in [-0.15, -0.1) is 0 Å². The van der Waals surface area contributed by atoms with Gasteiger partial charge in [0, 0.05) is 18.7 Å².